The summed E-state index contributed by atoms with van der Waals surface area (Å²) < 4.78 is 0. The van der Waals surface area contributed by atoms with E-state index in [0.29, 0.717) is 5.56 Å². The molecule has 0 radical (unpaired) electrons. The molecule has 4 heteroatoms. The van der Waals surface area contributed by atoms with Gasteiger partial charge < -0.3 is 10.6 Å². The molecule has 1 fully saturated rings. The first-order valence-corrected chi connectivity index (χ1v) is 6.24. The van der Waals surface area contributed by atoms with Gasteiger partial charge in [-0.25, -0.2) is 0 Å². The highest BCUT2D eigenvalue weighted by Gasteiger charge is 2.23. The topological polar surface area (TPSA) is 64.9 Å². The predicted molar refractivity (Wildman–Crippen MR) is 68.7 cm³/mol. The molecule has 2 atom stereocenters. The fourth-order valence-corrected chi connectivity index (χ4v) is 2.15. The van der Waals surface area contributed by atoms with E-state index in [2.05, 4.69) is 16.7 Å². The zero-order valence-electron chi connectivity index (χ0n) is 10.4. The standard InChI is InChI=1S/C14H17N3O/c1-10(12-6-4-11(9-15)5-7-12)17-14(18)13-3-2-8-16-13/h4-7,10,13,16H,2-3,8H2,1H3,(H,17,18)/t10-,13-/m0/s1. The van der Waals surface area contributed by atoms with E-state index < -0.39 is 0 Å². The first-order valence-electron chi connectivity index (χ1n) is 6.24. The van der Waals surface area contributed by atoms with Gasteiger partial charge in [-0.15, -0.1) is 0 Å². The fourth-order valence-electron chi connectivity index (χ4n) is 2.15. The number of hydrogen-bond acceptors (Lipinski definition) is 3. The summed E-state index contributed by atoms with van der Waals surface area (Å²) in [7, 11) is 0. The van der Waals surface area contributed by atoms with E-state index in [-0.39, 0.29) is 18.0 Å². The molecule has 0 spiro atoms. The number of nitrogens with zero attached hydrogens (tertiary/aromatic N) is 1. The minimum atomic E-state index is -0.0502. The molecule has 94 valence electrons. The number of amides is 1. The van der Waals surface area contributed by atoms with Crippen molar-refractivity contribution in [3.05, 3.63) is 35.4 Å². The Kier molecular flexibility index (Phi) is 3.96. The average molecular weight is 243 g/mol. The molecule has 1 aromatic rings. The third kappa shape index (κ3) is 2.88. The van der Waals surface area contributed by atoms with E-state index in [1.165, 1.54) is 0 Å². The lowest BCUT2D eigenvalue weighted by Gasteiger charge is -2.17. The van der Waals surface area contributed by atoms with Crippen LogP contribution in [0, 0.1) is 11.3 Å². The van der Waals surface area contributed by atoms with Gasteiger partial charge in [0.2, 0.25) is 5.91 Å². The first-order chi connectivity index (χ1) is 8.70. The molecule has 2 rings (SSSR count). The van der Waals surface area contributed by atoms with Crippen molar-refractivity contribution in [1.29, 1.82) is 5.26 Å². The summed E-state index contributed by atoms with van der Waals surface area (Å²) in [6.45, 7) is 2.87. The van der Waals surface area contributed by atoms with Crippen LogP contribution in [0.1, 0.15) is 36.9 Å². The van der Waals surface area contributed by atoms with Gasteiger partial charge in [-0.2, -0.15) is 5.26 Å². The Labute approximate surface area is 107 Å². The van der Waals surface area contributed by atoms with Crippen LogP contribution in [0.15, 0.2) is 24.3 Å². The van der Waals surface area contributed by atoms with Crippen molar-refractivity contribution >= 4 is 5.91 Å². The number of hydrogen-bond donors (Lipinski definition) is 2. The molecule has 0 aromatic heterocycles. The van der Waals surface area contributed by atoms with Gasteiger partial charge in [-0.05, 0) is 44.0 Å². The maximum absolute atomic E-state index is 11.9. The zero-order valence-corrected chi connectivity index (χ0v) is 10.4. The van der Waals surface area contributed by atoms with Crippen LogP contribution in [-0.2, 0) is 4.79 Å². The normalized spacial score (nSPS) is 20.1. The van der Waals surface area contributed by atoms with Crippen LogP contribution in [0.5, 0.6) is 0 Å². The van der Waals surface area contributed by atoms with Crippen molar-refractivity contribution in [2.45, 2.75) is 31.8 Å². The zero-order chi connectivity index (χ0) is 13.0. The van der Waals surface area contributed by atoms with Gasteiger partial charge >= 0.3 is 0 Å². The first kappa shape index (κ1) is 12.6. The van der Waals surface area contributed by atoms with Crippen molar-refractivity contribution in [2.75, 3.05) is 6.54 Å². The van der Waals surface area contributed by atoms with Gasteiger partial charge in [0.15, 0.2) is 0 Å². The summed E-state index contributed by atoms with van der Waals surface area (Å²) in [4.78, 5) is 11.9. The van der Waals surface area contributed by atoms with Crippen molar-refractivity contribution < 1.29 is 4.79 Å². The van der Waals surface area contributed by atoms with E-state index in [0.717, 1.165) is 24.9 Å². The molecule has 0 aliphatic carbocycles. The summed E-state index contributed by atoms with van der Waals surface area (Å²) >= 11 is 0. The number of nitrogens with one attached hydrogen (secondary N) is 2. The molecular formula is C14H17N3O. The summed E-state index contributed by atoms with van der Waals surface area (Å²) in [5, 5.41) is 14.9. The van der Waals surface area contributed by atoms with Crippen LogP contribution in [0.4, 0.5) is 0 Å². The molecule has 1 saturated heterocycles. The monoisotopic (exact) mass is 243 g/mol. The van der Waals surface area contributed by atoms with Crippen LogP contribution in [0.25, 0.3) is 0 Å². The largest absolute Gasteiger partial charge is 0.348 e. The van der Waals surface area contributed by atoms with Crippen molar-refractivity contribution in [2.24, 2.45) is 0 Å². The van der Waals surface area contributed by atoms with Gasteiger partial charge in [-0.1, -0.05) is 12.1 Å². The van der Waals surface area contributed by atoms with Crippen LogP contribution < -0.4 is 10.6 Å². The van der Waals surface area contributed by atoms with E-state index in [9.17, 15) is 4.79 Å². The van der Waals surface area contributed by atoms with E-state index >= 15 is 0 Å². The van der Waals surface area contributed by atoms with Gasteiger partial charge in [0.1, 0.15) is 0 Å². The van der Waals surface area contributed by atoms with E-state index in [1.54, 1.807) is 12.1 Å². The second kappa shape index (κ2) is 5.65. The van der Waals surface area contributed by atoms with Crippen molar-refractivity contribution in [1.82, 2.24) is 10.6 Å². The third-order valence-electron chi connectivity index (χ3n) is 3.28. The SMILES string of the molecule is C[C@H](NC(=O)[C@@H]1CCCN1)c1ccc(C#N)cc1. The Balaban J connectivity index is 1.96. The van der Waals surface area contributed by atoms with E-state index in [4.69, 9.17) is 5.26 Å². The highest BCUT2D eigenvalue weighted by molar-refractivity contribution is 5.82. The molecule has 1 heterocycles. The Morgan fingerprint density at radius 2 is 2.22 bits per heavy atom. The molecule has 0 saturated carbocycles. The smallest absolute Gasteiger partial charge is 0.237 e. The maximum atomic E-state index is 11.9. The van der Waals surface area contributed by atoms with Crippen LogP contribution in [-0.4, -0.2) is 18.5 Å². The summed E-state index contributed by atoms with van der Waals surface area (Å²) in [5.74, 6) is 0.0596. The molecule has 1 aliphatic heterocycles. The average Bonchev–Trinajstić information content (AvgIpc) is 2.92. The molecule has 1 amide bonds. The predicted octanol–water partition coefficient (Wildman–Crippen LogP) is 1.49. The summed E-state index contributed by atoms with van der Waals surface area (Å²) in [5.41, 5.74) is 1.65. The number of nitriles is 1. The number of rotatable bonds is 3. The second-order valence-electron chi connectivity index (χ2n) is 4.61. The van der Waals surface area contributed by atoms with Crippen molar-refractivity contribution in [3.63, 3.8) is 0 Å². The molecule has 18 heavy (non-hydrogen) atoms. The minimum absolute atomic E-state index is 0.0346. The third-order valence-corrected chi connectivity index (χ3v) is 3.28. The minimum Gasteiger partial charge on any atom is -0.348 e. The lowest BCUT2D eigenvalue weighted by atomic mass is 10.1. The second-order valence-corrected chi connectivity index (χ2v) is 4.61. The van der Waals surface area contributed by atoms with Gasteiger partial charge in [0, 0.05) is 0 Å². The lowest BCUT2D eigenvalue weighted by molar-refractivity contribution is -0.123. The Bertz CT molecular complexity index is 455. The van der Waals surface area contributed by atoms with Gasteiger partial charge in [0.25, 0.3) is 0 Å². The van der Waals surface area contributed by atoms with Gasteiger partial charge in [0.05, 0.1) is 23.7 Å². The molecular weight excluding hydrogens is 226 g/mol. The Morgan fingerprint density at radius 1 is 1.50 bits per heavy atom. The number of carbonyl (C=O) groups excluding carboxylic acids is 1. The molecule has 0 unspecified atom stereocenters. The number of benzene rings is 1. The van der Waals surface area contributed by atoms with E-state index in [1.807, 2.05) is 19.1 Å². The summed E-state index contributed by atoms with van der Waals surface area (Å²) in [6, 6.07) is 9.30. The van der Waals surface area contributed by atoms with Crippen LogP contribution >= 0.6 is 0 Å². The fraction of sp³-hybridized carbons (Fsp3) is 0.429. The van der Waals surface area contributed by atoms with Crippen molar-refractivity contribution in [3.8, 4) is 6.07 Å². The Morgan fingerprint density at radius 3 is 2.78 bits per heavy atom. The van der Waals surface area contributed by atoms with Gasteiger partial charge in [-0.3, -0.25) is 4.79 Å². The lowest BCUT2D eigenvalue weighted by Crippen LogP contribution is -2.41. The molecule has 2 N–H and O–H groups in total. The number of carbonyl (C=O) groups is 1. The molecule has 1 aliphatic rings. The quantitative estimate of drug-likeness (QED) is 0.845. The highest BCUT2D eigenvalue weighted by atomic mass is 16.2. The molecule has 4 nitrogen and oxygen atoms in total. The highest BCUT2D eigenvalue weighted by Crippen LogP contribution is 2.14. The summed E-state index contributed by atoms with van der Waals surface area (Å²) in [6.07, 6.45) is 1.97. The van der Waals surface area contributed by atoms with Crippen LogP contribution in [0.2, 0.25) is 0 Å². The molecule has 0 bridgehead atoms. The van der Waals surface area contributed by atoms with Crippen LogP contribution in [0.3, 0.4) is 0 Å². The molecule has 1 aromatic carbocycles. The Hall–Kier alpha value is -1.86. The maximum Gasteiger partial charge on any atom is 0.237 e.